The number of rotatable bonds is 10. The number of nitrogens with one attached hydrogen (secondary N) is 1. The third-order valence-electron chi connectivity index (χ3n) is 5.42. The molecule has 0 radical (unpaired) electrons. The number of nitrogens with zero attached hydrogens (tertiary/aromatic N) is 2. The minimum absolute atomic E-state index is 0.145. The van der Waals surface area contributed by atoms with Crippen molar-refractivity contribution >= 4 is 5.91 Å². The molecule has 0 aliphatic heterocycles. The highest BCUT2D eigenvalue weighted by Gasteiger charge is 2.21. The molecule has 0 aliphatic rings. The van der Waals surface area contributed by atoms with Crippen molar-refractivity contribution in [2.45, 2.75) is 39.9 Å². The number of carbonyl (C=O) groups excluding carboxylic acids is 1. The van der Waals surface area contributed by atoms with E-state index in [1.807, 2.05) is 6.07 Å². The molecule has 0 fully saturated rings. The second kappa shape index (κ2) is 10.9. The van der Waals surface area contributed by atoms with Gasteiger partial charge in [0.1, 0.15) is 6.26 Å². The quantitative estimate of drug-likeness (QED) is 0.491. The first-order chi connectivity index (χ1) is 15.0. The second-order valence-corrected chi connectivity index (χ2v) is 7.80. The van der Waals surface area contributed by atoms with E-state index in [9.17, 15) is 4.79 Å². The minimum Gasteiger partial charge on any atom is -0.447 e. The molecule has 0 saturated carbocycles. The number of hydrogen-bond acceptors (Lipinski definition) is 5. The van der Waals surface area contributed by atoms with E-state index in [2.05, 4.69) is 78.4 Å². The fraction of sp³-hybridized carbons (Fsp3) is 0.360. The Morgan fingerprint density at radius 3 is 2.68 bits per heavy atom. The summed E-state index contributed by atoms with van der Waals surface area (Å²) in [7, 11) is 1.60. The van der Waals surface area contributed by atoms with E-state index in [0.29, 0.717) is 25.6 Å². The number of aryl methyl sites for hydroxylation is 2. The van der Waals surface area contributed by atoms with Crippen LogP contribution < -0.4 is 5.32 Å². The lowest BCUT2D eigenvalue weighted by atomic mass is 10.0. The van der Waals surface area contributed by atoms with Crippen LogP contribution in [0.1, 0.15) is 51.6 Å². The molecular formula is C25H31N3O3. The number of hydrogen-bond donors (Lipinski definition) is 1. The van der Waals surface area contributed by atoms with E-state index >= 15 is 0 Å². The highest BCUT2D eigenvalue weighted by molar-refractivity contribution is 5.91. The Kier molecular flexibility index (Phi) is 7.98. The van der Waals surface area contributed by atoms with Crippen molar-refractivity contribution in [3.8, 4) is 0 Å². The van der Waals surface area contributed by atoms with Gasteiger partial charge in [0.2, 0.25) is 5.89 Å². The third-order valence-corrected chi connectivity index (χ3v) is 5.42. The van der Waals surface area contributed by atoms with Gasteiger partial charge in [-0.1, -0.05) is 54.1 Å². The smallest absolute Gasteiger partial charge is 0.273 e. The fourth-order valence-electron chi connectivity index (χ4n) is 3.48. The first kappa shape index (κ1) is 22.7. The molecule has 0 saturated heterocycles. The number of ether oxygens (including phenoxy) is 1. The molecule has 0 bridgehead atoms. The maximum absolute atomic E-state index is 12.2. The second-order valence-electron chi connectivity index (χ2n) is 7.80. The summed E-state index contributed by atoms with van der Waals surface area (Å²) in [5.41, 5.74) is 5.26. The van der Waals surface area contributed by atoms with Crippen LogP contribution in [0.25, 0.3) is 0 Å². The van der Waals surface area contributed by atoms with Crippen LogP contribution >= 0.6 is 0 Å². The number of amides is 1. The first-order valence-corrected chi connectivity index (χ1v) is 10.5. The molecule has 2 aromatic carbocycles. The standard InChI is InChI=1S/C25H31N3O3/c1-18-10-11-19(2)22(14-18)15-28(20(3)21-8-6-5-7-9-21)16-24-27-23(17-31-24)25(29)26-12-13-30-4/h5-11,14,17,20H,12-13,15-16H2,1-4H3,(H,26,29)/t20-/m0/s1. The summed E-state index contributed by atoms with van der Waals surface area (Å²) in [6.07, 6.45) is 1.42. The summed E-state index contributed by atoms with van der Waals surface area (Å²) in [6, 6.07) is 17.0. The summed E-state index contributed by atoms with van der Waals surface area (Å²) in [5.74, 6) is 0.259. The van der Waals surface area contributed by atoms with Gasteiger partial charge in [-0.3, -0.25) is 9.69 Å². The van der Waals surface area contributed by atoms with Crippen LogP contribution in [0.15, 0.2) is 59.2 Å². The number of oxazole rings is 1. The Labute approximate surface area is 184 Å². The molecule has 1 atom stereocenters. The van der Waals surface area contributed by atoms with Crippen molar-refractivity contribution in [1.29, 1.82) is 0 Å². The van der Waals surface area contributed by atoms with Crippen molar-refractivity contribution < 1.29 is 13.9 Å². The van der Waals surface area contributed by atoms with Crippen LogP contribution in [0.3, 0.4) is 0 Å². The largest absolute Gasteiger partial charge is 0.447 e. The fourth-order valence-corrected chi connectivity index (χ4v) is 3.48. The number of carbonyl (C=O) groups is 1. The SMILES string of the molecule is COCCNC(=O)c1coc(CN(Cc2cc(C)ccc2C)[C@@H](C)c2ccccc2)n1. The van der Waals surface area contributed by atoms with Crippen LogP contribution in [-0.4, -0.2) is 36.1 Å². The Hall–Kier alpha value is -2.96. The van der Waals surface area contributed by atoms with Gasteiger partial charge in [0.05, 0.1) is 13.2 Å². The van der Waals surface area contributed by atoms with Crippen LogP contribution in [-0.2, 0) is 17.8 Å². The van der Waals surface area contributed by atoms with Crippen LogP contribution in [0.2, 0.25) is 0 Å². The maximum Gasteiger partial charge on any atom is 0.273 e. The van der Waals surface area contributed by atoms with Crippen molar-refractivity contribution in [1.82, 2.24) is 15.2 Å². The molecule has 1 aromatic heterocycles. The maximum atomic E-state index is 12.2. The molecule has 3 rings (SSSR count). The topological polar surface area (TPSA) is 67.6 Å². The number of methoxy groups -OCH3 is 1. The zero-order valence-electron chi connectivity index (χ0n) is 18.7. The van der Waals surface area contributed by atoms with E-state index < -0.39 is 0 Å². The predicted molar refractivity (Wildman–Crippen MR) is 121 cm³/mol. The molecule has 1 amide bonds. The summed E-state index contributed by atoms with van der Waals surface area (Å²) < 4.78 is 10.6. The molecule has 6 nitrogen and oxygen atoms in total. The summed E-state index contributed by atoms with van der Waals surface area (Å²) >= 11 is 0. The molecular weight excluding hydrogens is 390 g/mol. The van der Waals surface area contributed by atoms with Gasteiger partial charge in [-0.15, -0.1) is 0 Å². The molecule has 1 N–H and O–H groups in total. The normalized spacial score (nSPS) is 12.2. The lowest BCUT2D eigenvalue weighted by molar-refractivity contribution is 0.0932. The average molecular weight is 422 g/mol. The lowest BCUT2D eigenvalue weighted by Gasteiger charge is -2.29. The average Bonchev–Trinajstić information content (AvgIpc) is 3.24. The zero-order valence-corrected chi connectivity index (χ0v) is 18.7. The Balaban J connectivity index is 1.80. The molecule has 1 heterocycles. The van der Waals surface area contributed by atoms with Gasteiger partial charge in [-0.25, -0.2) is 4.98 Å². The molecule has 0 spiro atoms. The van der Waals surface area contributed by atoms with E-state index in [1.54, 1.807) is 7.11 Å². The summed E-state index contributed by atoms with van der Waals surface area (Å²) in [5, 5.41) is 2.77. The van der Waals surface area contributed by atoms with Crippen molar-refractivity contribution in [2.75, 3.05) is 20.3 Å². The van der Waals surface area contributed by atoms with Crippen LogP contribution in [0.5, 0.6) is 0 Å². The van der Waals surface area contributed by atoms with E-state index in [1.165, 1.54) is 28.5 Å². The number of aromatic nitrogens is 1. The summed E-state index contributed by atoms with van der Waals surface area (Å²) in [4.78, 5) is 19.0. The van der Waals surface area contributed by atoms with Gasteiger partial charge in [0.25, 0.3) is 5.91 Å². The van der Waals surface area contributed by atoms with Gasteiger partial charge >= 0.3 is 0 Å². The highest BCUT2D eigenvalue weighted by Crippen LogP contribution is 2.26. The van der Waals surface area contributed by atoms with E-state index in [4.69, 9.17) is 9.15 Å². The number of benzene rings is 2. The molecule has 0 aliphatic carbocycles. The van der Waals surface area contributed by atoms with Gasteiger partial charge in [0, 0.05) is 26.2 Å². The zero-order chi connectivity index (χ0) is 22.2. The Morgan fingerprint density at radius 1 is 1.16 bits per heavy atom. The Morgan fingerprint density at radius 2 is 1.94 bits per heavy atom. The highest BCUT2D eigenvalue weighted by atomic mass is 16.5. The van der Waals surface area contributed by atoms with Crippen molar-refractivity contribution in [3.05, 3.63) is 88.6 Å². The summed E-state index contributed by atoms with van der Waals surface area (Å²) in [6.45, 7) is 8.55. The van der Waals surface area contributed by atoms with E-state index in [0.717, 1.165) is 6.54 Å². The van der Waals surface area contributed by atoms with Gasteiger partial charge in [-0.2, -0.15) is 0 Å². The predicted octanol–water partition coefficient (Wildman–Crippen LogP) is 4.43. The first-order valence-electron chi connectivity index (χ1n) is 10.5. The van der Waals surface area contributed by atoms with Crippen LogP contribution in [0, 0.1) is 13.8 Å². The molecule has 31 heavy (non-hydrogen) atoms. The van der Waals surface area contributed by atoms with Gasteiger partial charge in [-0.05, 0) is 37.5 Å². The van der Waals surface area contributed by atoms with Crippen molar-refractivity contribution in [2.24, 2.45) is 0 Å². The van der Waals surface area contributed by atoms with Gasteiger partial charge < -0.3 is 14.5 Å². The monoisotopic (exact) mass is 421 g/mol. The minimum atomic E-state index is -0.260. The van der Waals surface area contributed by atoms with E-state index in [-0.39, 0.29) is 17.6 Å². The molecule has 164 valence electrons. The third kappa shape index (κ3) is 6.26. The van der Waals surface area contributed by atoms with Crippen molar-refractivity contribution in [3.63, 3.8) is 0 Å². The van der Waals surface area contributed by atoms with Gasteiger partial charge in [0.15, 0.2) is 5.69 Å². The molecule has 6 heteroatoms. The molecule has 0 unspecified atom stereocenters. The Bertz CT molecular complexity index is 985. The van der Waals surface area contributed by atoms with Crippen LogP contribution in [0.4, 0.5) is 0 Å². The molecule has 3 aromatic rings. The lowest BCUT2D eigenvalue weighted by Crippen LogP contribution is -2.28.